The Kier molecular flexibility index (Phi) is 6.66. The Morgan fingerprint density at radius 3 is 2.28 bits per heavy atom. The van der Waals surface area contributed by atoms with Crippen molar-refractivity contribution in [2.75, 3.05) is 11.3 Å². The van der Waals surface area contributed by atoms with Gasteiger partial charge in [-0.15, -0.1) is 0 Å². The number of aromatic nitrogens is 3. The van der Waals surface area contributed by atoms with E-state index >= 15 is 0 Å². The van der Waals surface area contributed by atoms with Gasteiger partial charge >= 0.3 is 0 Å². The molecule has 0 aliphatic rings. The third-order valence-electron chi connectivity index (χ3n) is 4.85. The normalized spacial score (nSPS) is 11.7. The lowest BCUT2D eigenvalue weighted by Crippen LogP contribution is -2.26. The van der Waals surface area contributed by atoms with Crippen LogP contribution in [-0.2, 0) is 16.6 Å². The van der Waals surface area contributed by atoms with E-state index in [9.17, 15) is 13.5 Å². The highest BCUT2D eigenvalue weighted by Crippen LogP contribution is 2.31. The third kappa shape index (κ3) is 4.83. The van der Waals surface area contributed by atoms with Crippen LogP contribution in [0.2, 0.25) is 0 Å². The van der Waals surface area contributed by atoms with Gasteiger partial charge in [0.15, 0.2) is 0 Å². The Labute approximate surface area is 171 Å². The SMILES string of the molecule is CCC(CC)S(=O)(=O)Nc1ccc(-c2cn(CCO)nc2-c2ccncc2)cc1. The van der Waals surface area contributed by atoms with Crippen LogP contribution in [0.3, 0.4) is 0 Å². The number of sulfonamides is 1. The molecule has 0 atom stereocenters. The van der Waals surface area contributed by atoms with Crippen LogP contribution in [0.25, 0.3) is 22.4 Å². The Morgan fingerprint density at radius 2 is 1.69 bits per heavy atom. The highest BCUT2D eigenvalue weighted by Gasteiger charge is 2.22. The lowest BCUT2D eigenvalue weighted by molar-refractivity contribution is 0.269. The van der Waals surface area contributed by atoms with Gasteiger partial charge in [-0.1, -0.05) is 26.0 Å². The van der Waals surface area contributed by atoms with E-state index in [2.05, 4.69) is 14.8 Å². The molecule has 2 heterocycles. The van der Waals surface area contributed by atoms with Crippen LogP contribution < -0.4 is 4.72 Å². The highest BCUT2D eigenvalue weighted by atomic mass is 32.2. The minimum Gasteiger partial charge on any atom is -0.394 e. The Morgan fingerprint density at radius 1 is 1.03 bits per heavy atom. The predicted octanol–water partition coefficient (Wildman–Crippen LogP) is 3.53. The zero-order valence-corrected chi connectivity index (χ0v) is 17.4. The monoisotopic (exact) mass is 414 g/mol. The summed E-state index contributed by atoms with van der Waals surface area (Å²) in [7, 11) is -3.41. The summed E-state index contributed by atoms with van der Waals surface area (Å²) in [6, 6.07) is 11.0. The highest BCUT2D eigenvalue weighted by molar-refractivity contribution is 7.93. The molecule has 0 amide bonds. The van der Waals surface area contributed by atoms with Gasteiger partial charge in [0.05, 0.1) is 18.4 Å². The summed E-state index contributed by atoms with van der Waals surface area (Å²) >= 11 is 0. The molecule has 2 aromatic heterocycles. The van der Waals surface area contributed by atoms with E-state index in [1.54, 1.807) is 29.2 Å². The molecule has 0 spiro atoms. The number of nitrogens with one attached hydrogen (secondary N) is 1. The molecular formula is C21H26N4O3S. The van der Waals surface area contributed by atoms with Crippen molar-refractivity contribution in [3.05, 3.63) is 55.0 Å². The van der Waals surface area contributed by atoms with Crippen molar-refractivity contribution >= 4 is 15.7 Å². The molecule has 1 aromatic carbocycles. The smallest absolute Gasteiger partial charge is 0.235 e. The first-order valence-electron chi connectivity index (χ1n) is 9.69. The number of rotatable bonds is 9. The number of benzene rings is 1. The van der Waals surface area contributed by atoms with Crippen molar-refractivity contribution in [2.45, 2.75) is 38.5 Å². The summed E-state index contributed by atoms with van der Waals surface area (Å²) in [4.78, 5) is 4.05. The van der Waals surface area contributed by atoms with Crippen LogP contribution in [0.4, 0.5) is 5.69 Å². The van der Waals surface area contributed by atoms with Gasteiger partial charge in [0.25, 0.3) is 0 Å². The van der Waals surface area contributed by atoms with Gasteiger partial charge in [-0.2, -0.15) is 5.10 Å². The first-order chi connectivity index (χ1) is 14.0. The van der Waals surface area contributed by atoms with Crippen LogP contribution in [0.15, 0.2) is 55.0 Å². The molecule has 0 saturated carbocycles. The lowest BCUT2D eigenvalue weighted by Gasteiger charge is -2.15. The molecule has 2 N–H and O–H groups in total. The number of pyridine rings is 1. The average Bonchev–Trinajstić information content (AvgIpc) is 3.14. The second-order valence-corrected chi connectivity index (χ2v) is 8.74. The number of aliphatic hydroxyl groups excluding tert-OH is 1. The molecule has 0 aliphatic heterocycles. The van der Waals surface area contributed by atoms with Gasteiger partial charge in [-0.25, -0.2) is 8.42 Å². The van der Waals surface area contributed by atoms with Gasteiger partial charge in [0, 0.05) is 35.4 Å². The van der Waals surface area contributed by atoms with Crippen molar-refractivity contribution in [1.29, 1.82) is 0 Å². The van der Waals surface area contributed by atoms with Gasteiger partial charge in [-0.3, -0.25) is 14.4 Å². The molecule has 0 fully saturated rings. The summed E-state index contributed by atoms with van der Waals surface area (Å²) in [5.74, 6) is 0. The fourth-order valence-electron chi connectivity index (χ4n) is 3.27. The molecule has 0 saturated heterocycles. The standard InChI is InChI=1S/C21H26N4O3S/c1-3-19(4-2)29(27,28)24-18-7-5-16(6-8-18)20-15-25(13-14-26)23-21(20)17-9-11-22-12-10-17/h5-12,15,19,24,26H,3-4,13-14H2,1-2H3. The molecule has 3 aromatic rings. The molecule has 29 heavy (non-hydrogen) atoms. The summed E-state index contributed by atoms with van der Waals surface area (Å²) in [6.45, 7) is 4.14. The van der Waals surface area contributed by atoms with Crippen molar-refractivity contribution < 1.29 is 13.5 Å². The van der Waals surface area contributed by atoms with E-state index in [4.69, 9.17) is 0 Å². The van der Waals surface area contributed by atoms with Crippen molar-refractivity contribution in [3.63, 3.8) is 0 Å². The maximum absolute atomic E-state index is 12.5. The quantitative estimate of drug-likeness (QED) is 0.558. The van der Waals surface area contributed by atoms with E-state index in [0.717, 1.165) is 22.4 Å². The van der Waals surface area contributed by atoms with Gasteiger partial charge in [-0.05, 0) is 42.7 Å². The number of nitrogens with zero attached hydrogens (tertiary/aromatic N) is 3. The topological polar surface area (TPSA) is 97.1 Å². The first-order valence-corrected chi connectivity index (χ1v) is 11.2. The molecule has 8 heteroatoms. The maximum Gasteiger partial charge on any atom is 0.235 e. The summed E-state index contributed by atoms with van der Waals surface area (Å²) in [5, 5.41) is 13.4. The number of hydrogen-bond acceptors (Lipinski definition) is 5. The van der Waals surface area contributed by atoms with Crippen molar-refractivity contribution in [2.24, 2.45) is 0 Å². The van der Waals surface area contributed by atoms with Gasteiger partial charge < -0.3 is 5.11 Å². The molecule has 0 unspecified atom stereocenters. The van der Waals surface area contributed by atoms with Crippen LogP contribution >= 0.6 is 0 Å². The molecular weight excluding hydrogens is 388 g/mol. The fourth-order valence-corrected chi connectivity index (χ4v) is 4.77. The summed E-state index contributed by atoms with van der Waals surface area (Å²) < 4.78 is 29.3. The Hall–Kier alpha value is -2.71. The lowest BCUT2D eigenvalue weighted by atomic mass is 10.0. The average molecular weight is 415 g/mol. The minimum atomic E-state index is -3.41. The number of aliphatic hydroxyl groups is 1. The predicted molar refractivity (Wildman–Crippen MR) is 115 cm³/mol. The number of anilines is 1. The van der Waals surface area contributed by atoms with E-state index < -0.39 is 15.3 Å². The molecule has 3 rings (SSSR count). The van der Waals surface area contributed by atoms with E-state index in [0.29, 0.717) is 25.1 Å². The molecule has 154 valence electrons. The second kappa shape index (κ2) is 9.19. The minimum absolute atomic E-state index is 0.00630. The van der Waals surface area contributed by atoms with E-state index in [-0.39, 0.29) is 6.61 Å². The molecule has 0 bridgehead atoms. The fraction of sp³-hybridized carbons (Fsp3) is 0.333. The zero-order valence-electron chi connectivity index (χ0n) is 16.6. The molecule has 7 nitrogen and oxygen atoms in total. The van der Waals surface area contributed by atoms with Crippen molar-refractivity contribution in [3.8, 4) is 22.4 Å². The Bertz CT molecular complexity index is 1030. The second-order valence-electron chi connectivity index (χ2n) is 6.78. The van der Waals surface area contributed by atoms with E-state index in [1.165, 1.54) is 0 Å². The largest absolute Gasteiger partial charge is 0.394 e. The van der Waals surface area contributed by atoms with Crippen LogP contribution in [0.1, 0.15) is 26.7 Å². The van der Waals surface area contributed by atoms with Crippen molar-refractivity contribution in [1.82, 2.24) is 14.8 Å². The number of hydrogen-bond donors (Lipinski definition) is 2. The van der Waals surface area contributed by atoms with Gasteiger partial charge in [0.2, 0.25) is 10.0 Å². The third-order valence-corrected chi connectivity index (χ3v) is 6.91. The van der Waals surface area contributed by atoms with Crippen LogP contribution in [0.5, 0.6) is 0 Å². The Balaban J connectivity index is 1.92. The molecule has 0 radical (unpaired) electrons. The zero-order chi connectivity index (χ0) is 20.9. The van der Waals surface area contributed by atoms with Crippen LogP contribution in [-0.4, -0.2) is 40.1 Å². The molecule has 0 aliphatic carbocycles. The maximum atomic E-state index is 12.5. The summed E-state index contributed by atoms with van der Waals surface area (Å²) in [6.07, 6.45) is 6.45. The van der Waals surface area contributed by atoms with Crippen LogP contribution in [0, 0.1) is 0 Å². The van der Waals surface area contributed by atoms with E-state index in [1.807, 2.05) is 44.3 Å². The van der Waals surface area contributed by atoms with Gasteiger partial charge in [0.1, 0.15) is 5.69 Å². The summed E-state index contributed by atoms with van der Waals surface area (Å²) in [5.41, 5.74) is 4.05. The first kappa shape index (κ1) is 21.0.